The maximum atomic E-state index is 9.98. The number of aliphatic hydroxyl groups is 8. The second kappa shape index (κ2) is 7.21. The van der Waals surface area contributed by atoms with Crippen molar-refractivity contribution in [3.63, 3.8) is 0 Å². The predicted molar refractivity (Wildman–Crippen MR) is 68.1 cm³/mol. The van der Waals surface area contributed by atoms with Crippen LogP contribution in [0, 0.1) is 6.10 Å². The summed E-state index contributed by atoms with van der Waals surface area (Å²) >= 11 is 0. The molecule has 2 aliphatic rings. The van der Waals surface area contributed by atoms with Crippen LogP contribution in [0.5, 0.6) is 0 Å². The minimum Gasteiger partial charge on any atom is -0.394 e. The summed E-state index contributed by atoms with van der Waals surface area (Å²) < 4.78 is 15.3. The molecule has 2 aliphatic heterocycles. The summed E-state index contributed by atoms with van der Waals surface area (Å²) in [5, 5.41) is 76.5. The molecule has 135 valence electrons. The Morgan fingerprint density at radius 1 is 0.957 bits per heavy atom. The highest BCUT2D eigenvalue weighted by Gasteiger charge is 2.58. The van der Waals surface area contributed by atoms with Gasteiger partial charge in [-0.1, -0.05) is 0 Å². The van der Waals surface area contributed by atoms with E-state index in [2.05, 4.69) is 0 Å². The standard InChI is InChI=1S/C12H21O11/c13-1-4-6(16)8(18)9(19)11(21-4)23-12(3-15)10(20)7(17)5(2-14)22-12/h4,6-11,13-20H,1-3H2/t4-,6-,7-,8+,9-,10+,11-,12+/m1/s1. The van der Waals surface area contributed by atoms with E-state index in [4.69, 9.17) is 24.4 Å². The van der Waals surface area contributed by atoms with Crippen molar-refractivity contribution in [3.8, 4) is 0 Å². The third kappa shape index (κ3) is 3.23. The number of ether oxygens (including phenoxy) is 3. The Labute approximate surface area is 130 Å². The van der Waals surface area contributed by atoms with Crippen molar-refractivity contribution in [2.24, 2.45) is 0 Å². The van der Waals surface area contributed by atoms with Gasteiger partial charge in [-0.25, -0.2) is 0 Å². The molecule has 0 aliphatic carbocycles. The maximum absolute atomic E-state index is 9.98. The highest BCUT2D eigenvalue weighted by molar-refractivity contribution is 5.07. The second-order valence-corrected chi connectivity index (χ2v) is 5.40. The first-order valence-electron chi connectivity index (χ1n) is 6.92. The first-order chi connectivity index (χ1) is 10.8. The lowest BCUT2D eigenvalue weighted by Gasteiger charge is -2.43. The Morgan fingerprint density at radius 2 is 1.61 bits per heavy atom. The minimum absolute atomic E-state index is 0.365. The Bertz CT molecular complexity index is 393. The van der Waals surface area contributed by atoms with E-state index < -0.39 is 68.5 Å². The molecule has 0 bridgehead atoms. The van der Waals surface area contributed by atoms with Crippen molar-refractivity contribution < 1.29 is 55.1 Å². The molecule has 0 aromatic heterocycles. The molecule has 2 fully saturated rings. The first kappa shape index (κ1) is 18.9. The van der Waals surface area contributed by atoms with E-state index in [0.29, 0.717) is 0 Å². The van der Waals surface area contributed by atoms with Gasteiger partial charge in [0.05, 0.1) is 13.2 Å². The van der Waals surface area contributed by atoms with Gasteiger partial charge in [-0.15, -0.1) is 0 Å². The Balaban J connectivity index is 2.18. The highest BCUT2D eigenvalue weighted by atomic mass is 16.8. The topological polar surface area (TPSA) is 190 Å². The van der Waals surface area contributed by atoms with Crippen molar-refractivity contribution >= 4 is 0 Å². The smallest absolute Gasteiger partial charge is 0.224 e. The molecule has 2 rings (SSSR count). The SMILES string of the molecule is OC[C]1O[C@@](CO)(O[C@H]2O[C@H](CO)[C@@H](O)[C@H](O)[C@H]2O)[C@@H](O)[C@@H]1O. The molecular weight excluding hydrogens is 320 g/mol. The summed E-state index contributed by atoms with van der Waals surface area (Å²) in [5.41, 5.74) is 0. The number of rotatable bonds is 5. The molecule has 0 aromatic carbocycles. The molecule has 23 heavy (non-hydrogen) atoms. The fraction of sp³-hybridized carbons (Fsp3) is 0.917. The summed E-state index contributed by atoms with van der Waals surface area (Å²) in [6.45, 7) is -2.43. The van der Waals surface area contributed by atoms with E-state index in [0.717, 1.165) is 0 Å². The van der Waals surface area contributed by atoms with Gasteiger partial charge in [0, 0.05) is 0 Å². The van der Waals surface area contributed by atoms with Crippen LogP contribution in [0.2, 0.25) is 0 Å². The van der Waals surface area contributed by atoms with Crippen LogP contribution in [0.4, 0.5) is 0 Å². The lowest BCUT2D eigenvalue weighted by molar-refractivity contribution is -0.379. The quantitative estimate of drug-likeness (QED) is 0.238. The summed E-state index contributed by atoms with van der Waals surface area (Å²) in [7, 11) is 0. The van der Waals surface area contributed by atoms with Crippen molar-refractivity contribution in [2.45, 2.75) is 48.7 Å². The van der Waals surface area contributed by atoms with Crippen LogP contribution in [0.15, 0.2) is 0 Å². The summed E-state index contributed by atoms with van der Waals surface area (Å²) in [5.74, 6) is -2.26. The summed E-state index contributed by atoms with van der Waals surface area (Å²) in [6.07, 6.45) is -11.9. The van der Waals surface area contributed by atoms with Gasteiger partial charge in [0.15, 0.2) is 12.4 Å². The van der Waals surface area contributed by atoms with Gasteiger partial charge in [-0.2, -0.15) is 0 Å². The lowest BCUT2D eigenvalue weighted by atomic mass is 9.99. The third-order valence-electron chi connectivity index (χ3n) is 3.92. The molecule has 0 amide bonds. The van der Waals surface area contributed by atoms with Crippen LogP contribution < -0.4 is 0 Å². The van der Waals surface area contributed by atoms with Crippen LogP contribution in [0.1, 0.15) is 0 Å². The van der Waals surface area contributed by atoms with Crippen LogP contribution in [0.25, 0.3) is 0 Å². The fourth-order valence-corrected chi connectivity index (χ4v) is 2.50. The van der Waals surface area contributed by atoms with Gasteiger partial charge in [0.25, 0.3) is 0 Å². The number of hydrogen-bond acceptors (Lipinski definition) is 11. The molecule has 8 N–H and O–H groups in total. The van der Waals surface area contributed by atoms with Gasteiger partial charge >= 0.3 is 0 Å². The van der Waals surface area contributed by atoms with Crippen molar-refractivity contribution in [1.82, 2.24) is 0 Å². The molecule has 0 spiro atoms. The molecule has 2 heterocycles. The molecule has 11 nitrogen and oxygen atoms in total. The molecule has 0 unspecified atom stereocenters. The van der Waals surface area contributed by atoms with E-state index in [9.17, 15) is 30.6 Å². The van der Waals surface area contributed by atoms with Crippen LogP contribution >= 0.6 is 0 Å². The van der Waals surface area contributed by atoms with E-state index in [1.807, 2.05) is 0 Å². The highest BCUT2D eigenvalue weighted by Crippen LogP contribution is 2.38. The average Bonchev–Trinajstić information content (AvgIpc) is 2.80. The monoisotopic (exact) mass is 341 g/mol. The number of aliphatic hydroxyl groups excluding tert-OH is 8. The fourth-order valence-electron chi connectivity index (χ4n) is 2.50. The second-order valence-electron chi connectivity index (χ2n) is 5.40. The Hall–Kier alpha value is -0.440. The molecule has 11 heteroatoms. The van der Waals surface area contributed by atoms with Crippen LogP contribution in [0.3, 0.4) is 0 Å². The maximum Gasteiger partial charge on any atom is 0.224 e. The zero-order valence-corrected chi connectivity index (χ0v) is 12.0. The molecule has 8 atom stereocenters. The molecular formula is C12H21O11. The first-order valence-corrected chi connectivity index (χ1v) is 6.92. The van der Waals surface area contributed by atoms with Crippen LogP contribution in [-0.4, -0.2) is 109 Å². The van der Waals surface area contributed by atoms with Crippen molar-refractivity contribution in [1.29, 1.82) is 0 Å². The predicted octanol–water partition coefficient (Wildman–Crippen LogP) is -5.23. The zero-order chi connectivity index (χ0) is 17.4. The Kier molecular flexibility index (Phi) is 5.92. The molecule has 0 aromatic rings. The van der Waals surface area contributed by atoms with Gasteiger partial charge in [0.1, 0.15) is 43.2 Å². The lowest BCUT2D eigenvalue weighted by Crippen LogP contribution is -2.62. The molecule has 2 saturated heterocycles. The van der Waals surface area contributed by atoms with Gasteiger partial charge < -0.3 is 55.1 Å². The van der Waals surface area contributed by atoms with Crippen molar-refractivity contribution in [2.75, 3.05) is 19.8 Å². The molecule has 1 radical (unpaired) electrons. The average molecular weight is 341 g/mol. The number of hydrogen-bond donors (Lipinski definition) is 8. The van der Waals surface area contributed by atoms with Gasteiger partial charge in [-0.05, 0) is 0 Å². The van der Waals surface area contributed by atoms with Crippen molar-refractivity contribution in [3.05, 3.63) is 6.10 Å². The van der Waals surface area contributed by atoms with Gasteiger partial charge in [0.2, 0.25) is 5.79 Å². The normalized spacial score (nSPS) is 48.8. The van der Waals surface area contributed by atoms with E-state index in [-0.39, 0.29) is 6.10 Å². The molecule has 0 saturated carbocycles. The van der Waals surface area contributed by atoms with E-state index in [1.54, 1.807) is 0 Å². The largest absolute Gasteiger partial charge is 0.394 e. The summed E-state index contributed by atoms with van der Waals surface area (Å²) in [4.78, 5) is 0. The van der Waals surface area contributed by atoms with Crippen LogP contribution in [-0.2, 0) is 14.2 Å². The summed E-state index contributed by atoms with van der Waals surface area (Å²) in [6, 6.07) is 0. The van der Waals surface area contributed by atoms with E-state index in [1.165, 1.54) is 0 Å². The minimum atomic E-state index is -2.26. The third-order valence-corrected chi connectivity index (χ3v) is 3.92. The van der Waals surface area contributed by atoms with Gasteiger partial charge in [-0.3, -0.25) is 0 Å². The zero-order valence-electron chi connectivity index (χ0n) is 12.0. The van der Waals surface area contributed by atoms with E-state index >= 15 is 0 Å². The Morgan fingerprint density at radius 3 is 2.09 bits per heavy atom.